The van der Waals surface area contributed by atoms with Gasteiger partial charge in [0.15, 0.2) is 6.61 Å². The molecule has 0 saturated heterocycles. The zero-order valence-corrected chi connectivity index (χ0v) is 25.1. The highest BCUT2D eigenvalue weighted by Gasteiger charge is 2.32. The Hall–Kier alpha value is -3.75. The molecule has 2 aromatic carbocycles. The predicted molar refractivity (Wildman–Crippen MR) is 153 cm³/mol. The van der Waals surface area contributed by atoms with Gasteiger partial charge in [-0.15, -0.1) is 11.3 Å². The zero-order valence-electron chi connectivity index (χ0n) is 23.5. The maximum atomic E-state index is 14.7. The van der Waals surface area contributed by atoms with Gasteiger partial charge in [0.05, 0.1) is 33.9 Å². The summed E-state index contributed by atoms with van der Waals surface area (Å²) in [5.74, 6) is 2.04. The van der Waals surface area contributed by atoms with Crippen LogP contribution in [-0.4, -0.2) is 71.9 Å². The number of hydrogen-bond donors (Lipinski definition) is 3. The molecule has 0 unspecified atom stereocenters. The monoisotopic (exact) mass is 668 g/mol. The number of carbonyl (C=O) groups excluding carboxylic acids is 1. The van der Waals surface area contributed by atoms with Crippen molar-refractivity contribution in [3.05, 3.63) is 46.6 Å². The molecule has 0 fully saturated rings. The summed E-state index contributed by atoms with van der Waals surface area (Å²) in [6.07, 6.45) is -10.6. The van der Waals surface area contributed by atoms with Gasteiger partial charge in [0, 0.05) is 32.1 Å². The minimum atomic E-state index is -4.83. The standard InChI is InChI=1S/C27H27F7N4O4S2/c1-16(39)37-44(40,41)24-13-22(42-15-27(32,33)34)21(12-19(24)28)35-9-5-8-23-18(14-26(29,30)31)17-6-4-7-20(25(17)43-23)36-10-11-38(2)3/h4,6-7,12-13,35-36H,9-11,14-15H2,1-3H3,(H,37,39). The molecule has 8 nitrogen and oxygen atoms in total. The van der Waals surface area contributed by atoms with E-state index in [1.165, 1.54) is 4.72 Å². The predicted octanol–water partition coefficient (Wildman–Crippen LogP) is 5.35. The van der Waals surface area contributed by atoms with Crippen LogP contribution in [-0.2, 0) is 21.2 Å². The molecule has 0 radical (unpaired) electrons. The van der Waals surface area contributed by atoms with Crippen molar-refractivity contribution in [1.82, 2.24) is 9.62 Å². The molecule has 17 heteroatoms. The number of halogens is 7. The molecule has 1 aromatic heterocycles. The number of nitrogens with zero attached hydrogens (tertiary/aromatic N) is 1. The third kappa shape index (κ3) is 9.89. The van der Waals surface area contributed by atoms with Crippen LogP contribution in [0.4, 0.5) is 42.1 Å². The maximum absolute atomic E-state index is 14.7. The highest BCUT2D eigenvalue weighted by molar-refractivity contribution is 7.90. The molecule has 44 heavy (non-hydrogen) atoms. The number of sulfonamides is 1. The molecule has 1 amide bonds. The Kier molecular flexibility index (Phi) is 11.0. The number of nitrogens with one attached hydrogen (secondary N) is 3. The quantitative estimate of drug-likeness (QED) is 0.187. The van der Waals surface area contributed by atoms with Crippen LogP contribution >= 0.6 is 11.3 Å². The van der Waals surface area contributed by atoms with Crippen molar-refractivity contribution < 1.29 is 48.7 Å². The van der Waals surface area contributed by atoms with Crippen molar-refractivity contribution in [2.24, 2.45) is 0 Å². The van der Waals surface area contributed by atoms with E-state index in [9.17, 15) is 43.9 Å². The van der Waals surface area contributed by atoms with Crippen molar-refractivity contribution in [3.8, 4) is 17.6 Å². The summed E-state index contributed by atoms with van der Waals surface area (Å²) < 4.78 is 125. The molecule has 0 atom stereocenters. The van der Waals surface area contributed by atoms with Crippen molar-refractivity contribution in [1.29, 1.82) is 0 Å². The van der Waals surface area contributed by atoms with Crippen LogP contribution < -0.4 is 20.1 Å². The van der Waals surface area contributed by atoms with Crippen LogP contribution in [0.15, 0.2) is 35.2 Å². The van der Waals surface area contributed by atoms with E-state index in [-0.39, 0.29) is 10.4 Å². The first-order valence-electron chi connectivity index (χ1n) is 12.7. The van der Waals surface area contributed by atoms with Crippen molar-refractivity contribution in [2.45, 2.75) is 30.6 Å². The van der Waals surface area contributed by atoms with Gasteiger partial charge in [0.2, 0.25) is 5.91 Å². The Morgan fingerprint density at radius 3 is 2.36 bits per heavy atom. The lowest BCUT2D eigenvalue weighted by Crippen LogP contribution is -2.29. The van der Waals surface area contributed by atoms with Crippen LogP contribution in [0.25, 0.3) is 10.1 Å². The summed E-state index contributed by atoms with van der Waals surface area (Å²) in [4.78, 5) is 12.1. The van der Waals surface area contributed by atoms with E-state index in [4.69, 9.17) is 0 Å². The number of rotatable bonds is 11. The molecule has 3 aromatic rings. The molecule has 0 saturated carbocycles. The van der Waals surface area contributed by atoms with Crippen LogP contribution in [0.1, 0.15) is 17.4 Å². The molecular formula is C27H27F7N4O4S2. The van der Waals surface area contributed by atoms with E-state index in [1.54, 1.807) is 18.2 Å². The number of amides is 1. The van der Waals surface area contributed by atoms with Crippen LogP contribution in [0.5, 0.6) is 5.75 Å². The van der Waals surface area contributed by atoms with Gasteiger partial charge in [-0.25, -0.2) is 17.5 Å². The smallest absolute Gasteiger partial charge is 0.422 e. The minimum absolute atomic E-state index is 0.0472. The fourth-order valence-corrected chi connectivity index (χ4v) is 6.12. The summed E-state index contributed by atoms with van der Waals surface area (Å²) in [6.45, 7) is -0.210. The number of fused-ring (bicyclic) bond motifs is 1. The largest absolute Gasteiger partial charge is 0.482 e. The number of hydrogen-bond acceptors (Lipinski definition) is 8. The number of ether oxygens (including phenoxy) is 1. The number of carbonyl (C=O) groups is 1. The Morgan fingerprint density at radius 2 is 1.75 bits per heavy atom. The molecule has 1 heterocycles. The summed E-state index contributed by atoms with van der Waals surface area (Å²) >= 11 is 1.03. The Morgan fingerprint density at radius 1 is 1.05 bits per heavy atom. The average molecular weight is 669 g/mol. The molecule has 0 aliphatic carbocycles. The molecule has 3 N–H and O–H groups in total. The lowest BCUT2D eigenvalue weighted by atomic mass is 10.1. The van der Waals surface area contributed by atoms with E-state index in [2.05, 4.69) is 27.2 Å². The van der Waals surface area contributed by atoms with Crippen LogP contribution in [0.2, 0.25) is 0 Å². The molecule has 0 aliphatic heterocycles. The Labute approximate surface area is 252 Å². The summed E-state index contributed by atoms with van der Waals surface area (Å²) in [6, 6.07) is 5.93. The molecule has 3 rings (SSSR count). The molecule has 240 valence electrons. The third-order valence-electron chi connectivity index (χ3n) is 5.63. The van der Waals surface area contributed by atoms with Gasteiger partial charge in [-0.2, -0.15) is 26.3 Å². The van der Waals surface area contributed by atoms with Crippen LogP contribution in [0, 0.1) is 17.7 Å². The van der Waals surface area contributed by atoms with Gasteiger partial charge in [-0.3, -0.25) is 4.79 Å². The normalized spacial score (nSPS) is 12.2. The highest BCUT2D eigenvalue weighted by atomic mass is 32.2. The van der Waals surface area contributed by atoms with E-state index in [0.29, 0.717) is 41.0 Å². The number of likely N-dealkylation sites (N-methyl/N-ethyl adjacent to an activating group) is 1. The Balaban J connectivity index is 1.95. The maximum Gasteiger partial charge on any atom is 0.422 e. The number of alkyl halides is 6. The van der Waals surface area contributed by atoms with Gasteiger partial charge in [-0.1, -0.05) is 24.0 Å². The summed E-state index contributed by atoms with van der Waals surface area (Å²) in [7, 11) is -1.03. The first kappa shape index (κ1) is 34.7. The fraction of sp³-hybridized carbons (Fsp3) is 0.370. The second kappa shape index (κ2) is 13.9. The highest BCUT2D eigenvalue weighted by Crippen LogP contribution is 2.39. The van der Waals surface area contributed by atoms with Gasteiger partial charge in [-0.05, 0) is 31.1 Å². The number of benzene rings is 2. The summed E-state index contributed by atoms with van der Waals surface area (Å²) in [5, 5.41) is 6.07. The molecular weight excluding hydrogens is 641 g/mol. The lowest BCUT2D eigenvalue weighted by molar-refractivity contribution is -0.153. The zero-order chi connectivity index (χ0) is 32.9. The summed E-state index contributed by atoms with van der Waals surface area (Å²) in [5.41, 5.74) is 0.163. The van der Waals surface area contributed by atoms with E-state index >= 15 is 0 Å². The number of anilines is 2. The van der Waals surface area contributed by atoms with Crippen molar-refractivity contribution in [3.63, 3.8) is 0 Å². The van der Waals surface area contributed by atoms with Gasteiger partial charge < -0.3 is 20.3 Å². The minimum Gasteiger partial charge on any atom is -0.482 e. The first-order valence-corrected chi connectivity index (χ1v) is 14.9. The second-order valence-corrected chi connectivity index (χ2v) is 12.3. The Bertz CT molecular complexity index is 1680. The second-order valence-electron chi connectivity index (χ2n) is 9.61. The fourth-order valence-electron chi connectivity index (χ4n) is 3.87. The van der Waals surface area contributed by atoms with Gasteiger partial charge in [0.1, 0.15) is 16.5 Å². The van der Waals surface area contributed by atoms with Crippen LogP contribution in [0.3, 0.4) is 0 Å². The van der Waals surface area contributed by atoms with Gasteiger partial charge >= 0.3 is 12.4 Å². The average Bonchev–Trinajstić information content (AvgIpc) is 3.20. The SMILES string of the molecule is CC(=O)NS(=O)(=O)c1cc(OCC(F)(F)F)c(NCC#Cc2sc3c(NCCN(C)C)cccc3c2CC(F)(F)F)cc1F. The van der Waals surface area contributed by atoms with E-state index in [1.807, 2.05) is 19.0 Å². The van der Waals surface area contributed by atoms with E-state index < -0.39 is 70.0 Å². The topological polar surface area (TPSA) is 99.8 Å². The lowest BCUT2D eigenvalue weighted by Gasteiger charge is -2.16. The molecule has 0 bridgehead atoms. The number of thiophene rings is 1. The third-order valence-corrected chi connectivity index (χ3v) is 8.28. The van der Waals surface area contributed by atoms with Gasteiger partial charge in [0.25, 0.3) is 10.0 Å². The van der Waals surface area contributed by atoms with Crippen molar-refractivity contribution in [2.75, 3.05) is 51.0 Å². The van der Waals surface area contributed by atoms with E-state index in [0.717, 1.165) is 18.3 Å². The molecule has 0 spiro atoms. The van der Waals surface area contributed by atoms with Crippen molar-refractivity contribution >= 4 is 48.7 Å². The molecule has 0 aliphatic rings. The first-order chi connectivity index (χ1) is 20.4.